The number of halogens is 2. The molecule has 1 aliphatic rings. The second kappa shape index (κ2) is 10.6. The molecule has 0 saturated heterocycles. The summed E-state index contributed by atoms with van der Waals surface area (Å²) in [6.07, 6.45) is 1.85. The lowest BCUT2D eigenvalue weighted by atomic mass is 10.0. The Kier molecular flexibility index (Phi) is 7.12. The number of ether oxygens (including phenoxy) is 1. The SMILES string of the molecule is COc1ccc(CN2C(=O)C(Cc3ccccc3Cl)N=C(c3ccc(O)nc3)c3cc(Cl)ccc32)cc1. The average Bonchev–Trinajstić information content (AvgIpc) is 3.01. The largest absolute Gasteiger partial charge is 0.497 e. The predicted molar refractivity (Wildman–Crippen MR) is 146 cm³/mol. The third-order valence-corrected chi connectivity index (χ3v) is 6.84. The van der Waals surface area contributed by atoms with E-state index in [1.165, 1.54) is 12.3 Å². The first-order valence-corrected chi connectivity index (χ1v) is 12.4. The summed E-state index contributed by atoms with van der Waals surface area (Å²) in [6, 6.07) is 22.9. The molecule has 8 heteroatoms. The molecule has 0 saturated carbocycles. The molecule has 0 fully saturated rings. The highest BCUT2D eigenvalue weighted by atomic mass is 35.5. The van der Waals surface area contributed by atoms with Gasteiger partial charge in [0.15, 0.2) is 0 Å². The topological polar surface area (TPSA) is 75.0 Å². The number of methoxy groups -OCH3 is 1. The Hall–Kier alpha value is -3.87. The molecule has 1 amide bonds. The van der Waals surface area contributed by atoms with Gasteiger partial charge in [-0.25, -0.2) is 4.98 Å². The predicted octanol–water partition coefficient (Wildman–Crippen LogP) is 6.10. The number of hydrogen-bond acceptors (Lipinski definition) is 5. The van der Waals surface area contributed by atoms with Crippen molar-refractivity contribution in [3.63, 3.8) is 0 Å². The van der Waals surface area contributed by atoms with Crippen LogP contribution in [0, 0.1) is 0 Å². The van der Waals surface area contributed by atoms with Gasteiger partial charge in [0, 0.05) is 39.9 Å². The first-order valence-electron chi connectivity index (χ1n) is 11.6. The van der Waals surface area contributed by atoms with Gasteiger partial charge < -0.3 is 14.7 Å². The van der Waals surface area contributed by atoms with Crippen molar-refractivity contribution in [1.29, 1.82) is 0 Å². The van der Waals surface area contributed by atoms with E-state index in [1.807, 2.05) is 48.5 Å². The minimum Gasteiger partial charge on any atom is -0.497 e. The number of aliphatic imine (C=N–C) groups is 1. The molecule has 1 aromatic heterocycles. The molecule has 0 bridgehead atoms. The number of rotatable bonds is 6. The number of hydrogen-bond donors (Lipinski definition) is 1. The molecule has 186 valence electrons. The normalized spacial score (nSPS) is 15.1. The number of carbonyl (C=O) groups is 1. The van der Waals surface area contributed by atoms with E-state index in [4.69, 9.17) is 32.9 Å². The number of pyridine rings is 1. The molecular weight excluding hydrogens is 509 g/mol. The van der Waals surface area contributed by atoms with Gasteiger partial charge in [0.05, 0.1) is 25.1 Å². The number of amides is 1. The van der Waals surface area contributed by atoms with E-state index in [1.54, 1.807) is 36.3 Å². The summed E-state index contributed by atoms with van der Waals surface area (Å²) in [5, 5.41) is 10.8. The second-order valence-electron chi connectivity index (χ2n) is 8.63. The molecule has 1 N–H and O–H groups in total. The van der Waals surface area contributed by atoms with Gasteiger partial charge in [-0.2, -0.15) is 0 Å². The van der Waals surface area contributed by atoms with Gasteiger partial charge >= 0.3 is 0 Å². The summed E-state index contributed by atoms with van der Waals surface area (Å²) in [5.41, 5.74) is 4.35. The van der Waals surface area contributed by atoms with Gasteiger partial charge in [-0.15, -0.1) is 0 Å². The summed E-state index contributed by atoms with van der Waals surface area (Å²) in [6.45, 7) is 0.326. The van der Waals surface area contributed by atoms with Crippen LogP contribution in [-0.4, -0.2) is 34.9 Å². The van der Waals surface area contributed by atoms with Gasteiger partial charge in [0.1, 0.15) is 11.8 Å². The van der Waals surface area contributed by atoms with Gasteiger partial charge in [-0.3, -0.25) is 9.79 Å². The molecule has 37 heavy (non-hydrogen) atoms. The summed E-state index contributed by atoms with van der Waals surface area (Å²) < 4.78 is 5.29. The van der Waals surface area contributed by atoms with Crippen molar-refractivity contribution in [1.82, 2.24) is 4.98 Å². The van der Waals surface area contributed by atoms with Crippen LogP contribution in [0.1, 0.15) is 22.3 Å². The van der Waals surface area contributed by atoms with Crippen molar-refractivity contribution in [2.24, 2.45) is 4.99 Å². The molecule has 6 nitrogen and oxygen atoms in total. The van der Waals surface area contributed by atoms with Crippen molar-refractivity contribution in [2.75, 3.05) is 12.0 Å². The molecule has 0 radical (unpaired) electrons. The molecule has 0 aliphatic carbocycles. The van der Waals surface area contributed by atoms with Crippen LogP contribution in [0.25, 0.3) is 0 Å². The van der Waals surface area contributed by atoms with Crippen LogP contribution in [0.3, 0.4) is 0 Å². The van der Waals surface area contributed by atoms with Gasteiger partial charge in [-0.1, -0.05) is 53.5 Å². The van der Waals surface area contributed by atoms with Gasteiger partial charge in [0.2, 0.25) is 5.88 Å². The van der Waals surface area contributed by atoms with E-state index < -0.39 is 6.04 Å². The number of fused-ring (bicyclic) bond motifs is 1. The summed E-state index contributed by atoms with van der Waals surface area (Å²) in [7, 11) is 1.61. The lowest BCUT2D eigenvalue weighted by Crippen LogP contribution is -2.38. The molecular formula is C29H23Cl2N3O3. The van der Waals surface area contributed by atoms with Crippen LogP contribution in [0.5, 0.6) is 11.6 Å². The molecule has 0 spiro atoms. The second-order valence-corrected chi connectivity index (χ2v) is 9.47. The van der Waals surface area contributed by atoms with E-state index in [0.29, 0.717) is 45.5 Å². The number of benzene rings is 3. The first kappa shape index (κ1) is 24.8. The lowest BCUT2D eigenvalue weighted by molar-refractivity contribution is -0.119. The van der Waals surface area contributed by atoms with Crippen LogP contribution < -0.4 is 9.64 Å². The van der Waals surface area contributed by atoms with Crippen molar-refractivity contribution >= 4 is 40.5 Å². The minimum atomic E-state index is -0.756. The number of anilines is 1. The Balaban J connectivity index is 1.66. The van der Waals surface area contributed by atoms with Crippen LogP contribution in [0.2, 0.25) is 10.0 Å². The Morgan fingerprint density at radius 3 is 2.49 bits per heavy atom. The highest BCUT2D eigenvalue weighted by molar-refractivity contribution is 6.32. The Morgan fingerprint density at radius 2 is 1.78 bits per heavy atom. The lowest BCUT2D eigenvalue weighted by Gasteiger charge is -2.26. The zero-order chi connectivity index (χ0) is 25.9. The monoisotopic (exact) mass is 531 g/mol. The zero-order valence-electron chi connectivity index (χ0n) is 19.9. The maximum Gasteiger partial charge on any atom is 0.252 e. The number of benzodiazepines with no additional fused rings is 1. The zero-order valence-corrected chi connectivity index (χ0v) is 21.4. The number of aromatic nitrogens is 1. The molecule has 1 unspecified atom stereocenters. The number of carbonyl (C=O) groups excluding carboxylic acids is 1. The molecule has 3 aromatic carbocycles. The fourth-order valence-electron chi connectivity index (χ4n) is 4.35. The summed E-state index contributed by atoms with van der Waals surface area (Å²) in [5.74, 6) is 0.468. The highest BCUT2D eigenvalue weighted by Gasteiger charge is 2.33. The van der Waals surface area contributed by atoms with Crippen molar-refractivity contribution < 1.29 is 14.6 Å². The average molecular weight is 532 g/mol. The van der Waals surface area contributed by atoms with E-state index in [0.717, 1.165) is 16.9 Å². The third kappa shape index (κ3) is 5.31. The van der Waals surface area contributed by atoms with Crippen LogP contribution in [-0.2, 0) is 17.8 Å². The smallest absolute Gasteiger partial charge is 0.252 e. The first-order chi connectivity index (χ1) is 17.9. The Morgan fingerprint density at radius 1 is 1.00 bits per heavy atom. The van der Waals surface area contributed by atoms with Gasteiger partial charge in [-0.05, 0) is 53.6 Å². The van der Waals surface area contributed by atoms with E-state index in [2.05, 4.69) is 4.98 Å². The Bertz CT molecular complexity index is 1470. The van der Waals surface area contributed by atoms with Crippen molar-refractivity contribution in [2.45, 2.75) is 19.0 Å². The van der Waals surface area contributed by atoms with Crippen LogP contribution in [0.4, 0.5) is 5.69 Å². The molecule has 1 atom stereocenters. The minimum absolute atomic E-state index is 0.103. The number of nitrogens with zero attached hydrogens (tertiary/aromatic N) is 3. The van der Waals surface area contributed by atoms with E-state index >= 15 is 0 Å². The number of aromatic hydroxyl groups is 1. The molecule has 4 aromatic rings. The van der Waals surface area contributed by atoms with Crippen LogP contribution >= 0.6 is 23.2 Å². The molecule has 1 aliphatic heterocycles. The molecule has 5 rings (SSSR count). The summed E-state index contributed by atoms with van der Waals surface area (Å²) in [4.78, 5) is 24.9. The molecule has 2 heterocycles. The van der Waals surface area contributed by atoms with E-state index in [-0.39, 0.29) is 11.8 Å². The summed E-state index contributed by atoms with van der Waals surface area (Å²) >= 11 is 12.9. The van der Waals surface area contributed by atoms with Crippen LogP contribution in [0.15, 0.2) is 90.1 Å². The quantitative estimate of drug-likeness (QED) is 0.326. The third-order valence-electron chi connectivity index (χ3n) is 6.23. The van der Waals surface area contributed by atoms with Gasteiger partial charge in [0.25, 0.3) is 5.91 Å². The fourth-order valence-corrected chi connectivity index (χ4v) is 4.74. The van der Waals surface area contributed by atoms with Crippen molar-refractivity contribution in [3.05, 3.63) is 117 Å². The fraction of sp³-hybridized carbons (Fsp3) is 0.138. The highest BCUT2D eigenvalue weighted by Crippen LogP contribution is 2.33. The van der Waals surface area contributed by atoms with E-state index in [9.17, 15) is 9.90 Å². The maximum atomic E-state index is 14.1. The Labute approximate surface area is 224 Å². The van der Waals surface area contributed by atoms with Crippen molar-refractivity contribution in [3.8, 4) is 11.6 Å². The standard InChI is InChI=1S/C29H23Cl2N3O3/c1-37-22-10-6-18(7-11-22)17-34-26-12-9-21(30)15-23(26)28(20-8-13-27(35)32-16-20)33-25(29(34)36)14-19-4-2-3-5-24(19)31/h2-13,15-16,25H,14,17H2,1H3,(H,32,35). The maximum absolute atomic E-state index is 14.1.